The Balaban J connectivity index is 3.12. The maximum atomic E-state index is 11.8. The van der Waals surface area contributed by atoms with Gasteiger partial charge in [-0.1, -0.05) is 91.4 Å². The zero-order valence-corrected chi connectivity index (χ0v) is 17.2. The quantitative estimate of drug-likeness (QED) is 0.271. The molecular formula is C21H42OS. The molecule has 0 aromatic heterocycles. The Hall–Kier alpha value is 0.0200. The number of carbonyl (C=O) groups excluding carboxylic acids is 1. The molecule has 0 spiro atoms. The molecule has 23 heavy (non-hydrogen) atoms. The molecule has 0 saturated carbocycles. The van der Waals surface area contributed by atoms with Gasteiger partial charge in [0.15, 0.2) is 0 Å². The number of Topliss-reactive ketones (excluding diaryl/α,β-unsaturated/α-hetero) is 1. The number of thioether (sulfide) groups is 1. The molecule has 2 heteroatoms. The first kappa shape index (κ1) is 23.0. The predicted octanol–water partition coefficient (Wildman–Crippen LogP) is 7.43. The summed E-state index contributed by atoms with van der Waals surface area (Å²) in [6.07, 6.45) is 20.8. The lowest BCUT2D eigenvalue weighted by molar-refractivity contribution is -0.126. The van der Waals surface area contributed by atoms with Crippen molar-refractivity contribution in [3.8, 4) is 0 Å². The van der Waals surface area contributed by atoms with E-state index in [9.17, 15) is 4.79 Å². The fourth-order valence-electron chi connectivity index (χ4n) is 2.85. The van der Waals surface area contributed by atoms with Crippen LogP contribution in [-0.2, 0) is 4.79 Å². The Bertz CT molecular complexity index is 268. The van der Waals surface area contributed by atoms with Crippen molar-refractivity contribution in [3.05, 3.63) is 0 Å². The van der Waals surface area contributed by atoms with E-state index < -0.39 is 0 Å². The van der Waals surface area contributed by atoms with Crippen molar-refractivity contribution in [2.24, 2.45) is 5.41 Å². The average Bonchev–Trinajstić information content (AvgIpc) is 2.50. The fraction of sp³-hybridized carbons (Fsp3) is 0.952. The van der Waals surface area contributed by atoms with Gasteiger partial charge in [0, 0.05) is 11.8 Å². The Morgan fingerprint density at radius 3 is 1.35 bits per heavy atom. The number of ketones is 1. The van der Waals surface area contributed by atoms with Crippen LogP contribution in [-0.4, -0.2) is 17.8 Å². The van der Waals surface area contributed by atoms with E-state index in [-0.39, 0.29) is 5.41 Å². The molecule has 0 fully saturated rings. The highest BCUT2D eigenvalue weighted by Crippen LogP contribution is 2.19. The van der Waals surface area contributed by atoms with Crippen LogP contribution in [0.5, 0.6) is 0 Å². The topological polar surface area (TPSA) is 17.1 Å². The second-order valence-corrected chi connectivity index (χ2v) is 9.00. The van der Waals surface area contributed by atoms with Crippen LogP contribution in [0.15, 0.2) is 0 Å². The summed E-state index contributed by atoms with van der Waals surface area (Å²) >= 11 is 1.97. The molecule has 0 unspecified atom stereocenters. The molecule has 1 nitrogen and oxygen atoms in total. The summed E-state index contributed by atoms with van der Waals surface area (Å²) in [7, 11) is 0. The van der Waals surface area contributed by atoms with Gasteiger partial charge in [-0.3, -0.25) is 4.79 Å². The van der Waals surface area contributed by atoms with Gasteiger partial charge in [-0.25, -0.2) is 0 Å². The van der Waals surface area contributed by atoms with Crippen LogP contribution in [0, 0.1) is 5.41 Å². The van der Waals surface area contributed by atoms with Crippen LogP contribution in [0.3, 0.4) is 0 Å². The van der Waals surface area contributed by atoms with Crippen molar-refractivity contribution in [3.63, 3.8) is 0 Å². The molecule has 0 radical (unpaired) electrons. The minimum Gasteiger partial charge on any atom is -0.299 e. The minimum atomic E-state index is -0.144. The van der Waals surface area contributed by atoms with Gasteiger partial charge >= 0.3 is 0 Å². The smallest absolute Gasteiger partial charge is 0.138 e. The number of hydrogen-bond donors (Lipinski definition) is 0. The molecule has 0 aliphatic carbocycles. The van der Waals surface area contributed by atoms with Crippen LogP contribution < -0.4 is 0 Å². The van der Waals surface area contributed by atoms with Crippen molar-refractivity contribution in [1.29, 1.82) is 0 Å². The second kappa shape index (κ2) is 15.5. The number of hydrogen-bond acceptors (Lipinski definition) is 2. The summed E-state index contributed by atoms with van der Waals surface area (Å²) < 4.78 is 0. The molecule has 0 saturated heterocycles. The fourth-order valence-corrected chi connectivity index (χ4v) is 3.34. The maximum absolute atomic E-state index is 11.8. The molecule has 0 aliphatic heterocycles. The van der Waals surface area contributed by atoms with Gasteiger partial charge in [-0.2, -0.15) is 11.8 Å². The van der Waals surface area contributed by atoms with Gasteiger partial charge in [0.05, 0.1) is 0 Å². The van der Waals surface area contributed by atoms with Crippen molar-refractivity contribution in [2.75, 3.05) is 12.0 Å². The van der Waals surface area contributed by atoms with Crippen molar-refractivity contribution in [2.45, 2.75) is 111 Å². The van der Waals surface area contributed by atoms with Crippen molar-refractivity contribution in [1.82, 2.24) is 0 Å². The molecule has 0 aromatic carbocycles. The van der Waals surface area contributed by atoms with Gasteiger partial charge in [0.2, 0.25) is 0 Å². The van der Waals surface area contributed by atoms with E-state index in [0.29, 0.717) is 5.78 Å². The summed E-state index contributed by atoms with van der Waals surface area (Å²) in [4.78, 5) is 11.8. The molecule has 0 bridgehead atoms. The second-order valence-electron chi connectivity index (χ2n) is 8.01. The number of rotatable bonds is 16. The Labute approximate surface area is 150 Å². The first-order valence-corrected chi connectivity index (χ1v) is 11.4. The monoisotopic (exact) mass is 342 g/mol. The lowest BCUT2D eigenvalue weighted by Gasteiger charge is -2.16. The summed E-state index contributed by atoms with van der Waals surface area (Å²) in [6.45, 7) is 6.08. The maximum Gasteiger partial charge on any atom is 0.138 e. The van der Waals surface area contributed by atoms with E-state index in [1.54, 1.807) is 0 Å². The molecule has 0 aromatic rings. The molecule has 0 heterocycles. The highest BCUT2D eigenvalue weighted by molar-refractivity contribution is 7.98. The predicted molar refractivity (Wildman–Crippen MR) is 107 cm³/mol. The van der Waals surface area contributed by atoms with E-state index in [0.717, 1.165) is 12.8 Å². The third kappa shape index (κ3) is 16.7. The van der Waals surface area contributed by atoms with Gasteiger partial charge in [0.1, 0.15) is 5.78 Å². The van der Waals surface area contributed by atoms with Crippen LogP contribution in [0.4, 0.5) is 0 Å². The highest BCUT2D eigenvalue weighted by Gasteiger charge is 2.19. The summed E-state index contributed by atoms with van der Waals surface area (Å²) in [5.41, 5.74) is -0.144. The molecule has 0 atom stereocenters. The number of unbranched alkanes of at least 4 members (excludes halogenated alkanes) is 12. The normalized spacial score (nSPS) is 11.8. The molecule has 0 amide bonds. The van der Waals surface area contributed by atoms with Crippen LogP contribution in [0.2, 0.25) is 0 Å². The number of carbonyl (C=O) groups is 1. The highest BCUT2D eigenvalue weighted by atomic mass is 32.2. The van der Waals surface area contributed by atoms with Crippen LogP contribution >= 0.6 is 11.8 Å². The van der Waals surface area contributed by atoms with Crippen LogP contribution in [0.25, 0.3) is 0 Å². The molecular weight excluding hydrogens is 300 g/mol. The zero-order chi connectivity index (χ0) is 17.4. The standard InChI is InChI=1S/C21H42OS/c1-21(2,3)20(22)18-16-14-12-10-8-6-5-7-9-11-13-15-17-19-23-4/h5-19H2,1-4H3. The van der Waals surface area contributed by atoms with E-state index in [4.69, 9.17) is 0 Å². The van der Waals surface area contributed by atoms with E-state index in [1.165, 1.54) is 82.8 Å². The van der Waals surface area contributed by atoms with Gasteiger partial charge in [-0.05, 0) is 24.9 Å². The SMILES string of the molecule is CSCCCCCCCCCCCCCCCC(=O)C(C)(C)C. The summed E-state index contributed by atoms with van der Waals surface area (Å²) in [6, 6.07) is 0. The van der Waals surface area contributed by atoms with E-state index >= 15 is 0 Å². The molecule has 0 rings (SSSR count). The molecule has 0 aliphatic rings. The average molecular weight is 343 g/mol. The third-order valence-electron chi connectivity index (χ3n) is 4.59. The molecule has 0 N–H and O–H groups in total. The lowest BCUT2D eigenvalue weighted by Crippen LogP contribution is -2.19. The first-order valence-electron chi connectivity index (χ1n) is 10.0. The van der Waals surface area contributed by atoms with E-state index in [1.807, 2.05) is 32.5 Å². The van der Waals surface area contributed by atoms with Crippen molar-refractivity contribution < 1.29 is 4.79 Å². The first-order chi connectivity index (χ1) is 11.0. The van der Waals surface area contributed by atoms with E-state index in [2.05, 4.69) is 6.26 Å². The van der Waals surface area contributed by atoms with Crippen molar-refractivity contribution >= 4 is 17.5 Å². The van der Waals surface area contributed by atoms with Gasteiger partial charge < -0.3 is 0 Å². The third-order valence-corrected chi connectivity index (χ3v) is 5.29. The minimum absolute atomic E-state index is 0.144. The Morgan fingerprint density at radius 2 is 1.00 bits per heavy atom. The Kier molecular flexibility index (Phi) is 15.6. The van der Waals surface area contributed by atoms with Crippen LogP contribution in [0.1, 0.15) is 111 Å². The summed E-state index contributed by atoms with van der Waals surface area (Å²) in [5, 5.41) is 0. The lowest BCUT2D eigenvalue weighted by atomic mass is 9.88. The van der Waals surface area contributed by atoms with Gasteiger partial charge in [-0.15, -0.1) is 0 Å². The van der Waals surface area contributed by atoms with Gasteiger partial charge in [0.25, 0.3) is 0 Å². The zero-order valence-electron chi connectivity index (χ0n) is 16.4. The Morgan fingerprint density at radius 1 is 0.652 bits per heavy atom. The largest absolute Gasteiger partial charge is 0.299 e. The summed E-state index contributed by atoms with van der Waals surface area (Å²) in [5.74, 6) is 1.76. The molecule has 138 valence electrons.